The maximum absolute atomic E-state index is 13.3. The van der Waals surface area contributed by atoms with Gasteiger partial charge in [-0.1, -0.05) is 57.2 Å². The molecule has 0 fully saturated rings. The van der Waals surface area contributed by atoms with Crippen LogP contribution in [-0.4, -0.2) is 18.5 Å². The maximum atomic E-state index is 13.3. The van der Waals surface area contributed by atoms with Gasteiger partial charge in [0.2, 0.25) is 11.2 Å². The van der Waals surface area contributed by atoms with Gasteiger partial charge in [-0.2, -0.15) is 0 Å². The van der Waals surface area contributed by atoms with Gasteiger partial charge in [0.05, 0.1) is 11.5 Å². The van der Waals surface area contributed by atoms with Gasteiger partial charge in [0.1, 0.15) is 11.3 Å². The zero-order valence-corrected chi connectivity index (χ0v) is 20.8. The molecule has 0 saturated heterocycles. The van der Waals surface area contributed by atoms with Gasteiger partial charge in [0.15, 0.2) is 18.2 Å². The molecule has 0 amide bonds. The predicted octanol–water partition coefficient (Wildman–Crippen LogP) is 6.81. The van der Waals surface area contributed by atoms with Crippen molar-refractivity contribution in [3.05, 3.63) is 94.1 Å². The number of rotatable bonds is 7. The van der Waals surface area contributed by atoms with Crippen molar-refractivity contribution in [3.8, 4) is 22.8 Å². The number of carbonyl (C=O) groups excluding carboxylic acids is 1. The summed E-state index contributed by atoms with van der Waals surface area (Å²) in [6, 6.07) is 21.8. The van der Waals surface area contributed by atoms with Crippen LogP contribution in [0.3, 0.4) is 0 Å². The highest BCUT2D eigenvalue weighted by Gasteiger charge is 2.20. The Morgan fingerprint density at radius 3 is 2.20 bits per heavy atom. The molecule has 0 aliphatic heterocycles. The van der Waals surface area contributed by atoms with Gasteiger partial charge in [-0.15, -0.1) is 0 Å². The van der Waals surface area contributed by atoms with Gasteiger partial charge in [-0.25, -0.2) is 0 Å². The van der Waals surface area contributed by atoms with Gasteiger partial charge in [-0.3, -0.25) is 9.59 Å². The number of hydrogen-bond donors (Lipinski definition) is 0. The van der Waals surface area contributed by atoms with E-state index in [0.717, 1.165) is 5.56 Å². The molecular weight excluding hydrogens is 440 g/mol. The predicted molar refractivity (Wildman–Crippen MR) is 139 cm³/mol. The summed E-state index contributed by atoms with van der Waals surface area (Å²) < 4.78 is 17.6. The molecule has 0 spiro atoms. The summed E-state index contributed by atoms with van der Waals surface area (Å²) in [5.41, 5.74) is 2.49. The summed E-state index contributed by atoms with van der Waals surface area (Å²) >= 11 is 0. The average molecular weight is 471 g/mol. The van der Waals surface area contributed by atoms with E-state index in [1.54, 1.807) is 42.5 Å². The molecule has 0 bridgehead atoms. The Bertz CT molecular complexity index is 1390. The molecule has 0 aliphatic rings. The molecule has 35 heavy (non-hydrogen) atoms. The fourth-order valence-electron chi connectivity index (χ4n) is 3.78. The Morgan fingerprint density at radius 1 is 0.914 bits per heavy atom. The summed E-state index contributed by atoms with van der Waals surface area (Å²) in [6.07, 6.45) is 0.0444. The Morgan fingerprint density at radius 2 is 1.57 bits per heavy atom. The van der Waals surface area contributed by atoms with E-state index in [1.807, 2.05) is 44.2 Å². The van der Waals surface area contributed by atoms with E-state index in [2.05, 4.69) is 20.8 Å². The zero-order chi connectivity index (χ0) is 25.2. The van der Waals surface area contributed by atoms with E-state index in [4.69, 9.17) is 13.9 Å². The van der Waals surface area contributed by atoms with Crippen LogP contribution >= 0.6 is 0 Å². The summed E-state index contributed by atoms with van der Waals surface area (Å²) in [4.78, 5) is 26.2. The van der Waals surface area contributed by atoms with Crippen molar-refractivity contribution in [1.82, 2.24) is 0 Å². The van der Waals surface area contributed by atoms with Gasteiger partial charge in [0, 0.05) is 11.1 Å². The molecule has 180 valence electrons. The monoisotopic (exact) mass is 470 g/mol. The molecule has 0 atom stereocenters. The second-order valence-electron chi connectivity index (χ2n) is 9.82. The summed E-state index contributed by atoms with van der Waals surface area (Å²) in [5.74, 6) is 0.777. The molecule has 4 rings (SSSR count). The Kier molecular flexibility index (Phi) is 6.79. The first-order chi connectivity index (χ1) is 16.6. The Hall–Kier alpha value is -3.86. The lowest BCUT2D eigenvalue weighted by Gasteiger charge is -2.19. The van der Waals surface area contributed by atoms with Gasteiger partial charge >= 0.3 is 0 Å². The third-order valence-corrected chi connectivity index (χ3v) is 5.66. The van der Waals surface area contributed by atoms with Crippen LogP contribution in [0.1, 0.15) is 50.5 Å². The van der Waals surface area contributed by atoms with E-state index in [-0.39, 0.29) is 35.1 Å². The van der Waals surface area contributed by atoms with Gasteiger partial charge in [0.25, 0.3) is 0 Å². The lowest BCUT2D eigenvalue weighted by molar-refractivity contribution is 0.0920. The summed E-state index contributed by atoms with van der Waals surface area (Å²) in [5, 5.41) is 0.403. The topological polar surface area (TPSA) is 65.7 Å². The van der Waals surface area contributed by atoms with Crippen LogP contribution in [0.2, 0.25) is 0 Å². The third-order valence-electron chi connectivity index (χ3n) is 5.66. The van der Waals surface area contributed by atoms with Crippen molar-refractivity contribution in [1.29, 1.82) is 0 Å². The van der Waals surface area contributed by atoms with E-state index in [0.29, 0.717) is 33.6 Å². The first-order valence-electron chi connectivity index (χ1n) is 11.7. The van der Waals surface area contributed by atoms with Crippen molar-refractivity contribution in [2.24, 2.45) is 0 Å². The average Bonchev–Trinajstić information content (AvgIpc) is 2.83. The fourth-order valence-corrected chi connectivity index (χ4v) is 3.78. The number of carbonyl (C=O) groups is 1. The second-order valence-corrected chi connectivity index (χ2v) is 9.82. The highest BCUT2D eigenvalue weighted by Crippen LogP contribution is 2.33. The third kappa shape index (κ3) is 5.46. The first-order valence-corrected chi connectivity index (χ1v) is 11.7. The number of fused-ring (bicyclic) bond motifs is 1. The van der Waals surface area contributed by atoms with E-state index in [1.165, 1.54) is 0 Å². The normalized spacial score (nSPS) is 11.6. The van der Waals surface area contributed by atoms with Crippen LogP contribution < -0.4 is 14.9 Å². The number of benzene rings is 3. The second kappa shape index (κ2) is 9.79. The smallest absolute Gasteiger partial charge is 0.235 e. The summed E-state index contributed by atoms with van der Waals surface area (Å²) in [7, 11) is 0. The maximum Gasteiger partial charge on any atom is 0.235 e. The molecule has 5 nitrogen and oxygen atoms in total. The quantitative estimate of drug-likeness (QED) is 0.278. The summed E-state index contributed by atoms with van der Waals surface area (Å²) in [6.45, 7) is 10.0. The molecule has 0 unspecified atom stereocenters. The minimum Gasteiger partial charge on any atom is -0.491 e. The molecule has 5 heteroatoms. The van der Waals surface area contributed by atoms with Crippen LogP contribution in [0.25, 0.3) is 22.3 Å². The van der Waals surface area contributed by atoms with Crippen molar-refractivity contribution in [2.45, 2.75) is 46.1 Å². The highest BCUT2D eigenvalue weighted by molar-refractivity contribution is 5.97. The van der Waals surface area contributed by atoms with Gasteiger partial charge in [-0.05, 0) is 61.2 Å². The largest absolute Gasteiger partial charge is 0.491 e. The van der Waals surface area contributed by atoms with Crippen LogP contribution in [-0.2, 0) is 5.41 Å². The van der Waals surface area contributed by atoms with E-state index < -0.39 is 0 Å². The van der Waals surface area contributed by atoms with Crippen LogP contribution in [0.5, 0.6) is 11.5 Å². The lowest BCUT2D eigenvalue weighted by atomic mass is 9.86. The fraction of sp³-hybridized carbons (Fsp3) is 0.267. The van der Waals surface area contributed by atoms with Gasteiger partial charge < -0.3 is 13.9 Å². The molecule has 0 saturated carbocycles. The lowest BCUT2D eigenvalue weighted by Crippen LogP contribution is -2.17. The number of ether oxygens (including phenoxy) is 2. The van der Waals surface area contributed by atoms with Crippen molar-refractivity contribution < 1.29 is 18.7 Å². The zero-order valence-electron chi connectivity index (χ0n) is 20.8. The van der Waals surface area contributed by atoms with Crippen molar-refractivity contribution in [3.63, 3.8) is 0 Å². The Labute approximate surface area is 205 Å². The Balaban J connectivity index is 1.66. The molecular formula is C30H30O5. The number of Topliss-reactive ketones (excluding diaryl/α,β-unsaturated/α-hetero) is 1. The molecule has 0 aliphatic carbocycles. The molecule has 3 aromatic carbocycles. The molecule has 4 aromatic rings. The van der Waals surface area contributed by atoms with Crippen molar-refractivity contribution >= 4 is 16.8 Å². The number of ketones is 1. The minimum absolute atomic E-state index is 0.00966. The van der Waals surface area contributed by atoms with Crippen LogP contribution in [0, 0.1) is 0 Å². The van der Waals surface area contributed by atoms with E-state index >= 15 is 0 Å². The van der Waals surface area contributed by atoms with Crippen LogP contribution in [0.15, 0.2) is 82.0 Å². The van der Waals surface area contributed by atoms with Crippen LogP contribution in [0.4, 0.5) is 0 Å². The van der Waals surface area contributed by atoms with E-state index in [9.17, 15) is 9.59 Å². The standard InChI is InChI=1S/C30H30O5/c1-19(2)34-23-16-12-20(13-17-23)25(31)18-33-29-27(32)24-8-6-7-9-26(24)35-28(29)21-10-14-22(15-11-21)30(3,4)5/h6-17,19H,18H2,1-5H3. The number of hydrogen-bond acceptors (Lipinski definition) is 5. The van der Waals surface area contributed by atoms with Crippen molar-refractivity contribution in [2.75, 3.05) is 6.61 Å². The molecule has 0 radical (unpaired) electrons. The minimum atomic E-state index is -0.310. The molecule has 1 aromatic heterocycles. The highest BCUT2D eigenvalue weighted by atomic mass is 16.5. The molecule has 0 N–H and O–H groups in total. The first kappa shape index (κ1) is 24.3. The molecule has 1 heterocycles. The SMILES string of the molecule is CC(C)Oc1ccc(C(=O)COc2c(-c3ccc(C(C)(C)C)cc3)oc3ccccc3c2=O)cc1. The number of para-hydroxylation sites is 1.